The lowest BCUT2D eigenvalue weighted by molar-refractivity contribution is -0.117. The van der Waals surface area contributed by atoms with Crippen molar-refractivity contribution in [2.24, 2.45) is 0 Å². The zero-order chi connectivity index (χ0) is 19.9. The normalized spacial score (nSPS) is 15.9. The topological polar surface area (TPSA) is 103 Å². The second kappa shape index (κ2) is 9.23. The first-order chi connectivity index (χ1) is 13.6. The van der Waals surface area contributed by atoms with Crippen LogP contribution in [0.25, 0.3) is 0 Å². The van der Waals surface area contributed by atoms with E-state index in [1.54, 1.807) is 18.2 Å². The molecule has 1 atom stereocenters. The molecule has 0 aliphatic carbocycles. The number of methoxy groups -OCH3 is 2. The summed E-state index contributed by atoms with van der Waals surface area (Å²) in [5.41, 5.74) is 0.364. The molecule has 1 fully saturated rings. The first kappa shape index (κ1) is 19.7. The summed E-state index contributed by atoms with van der Waals surface area (Å²) in [4.78, 5) is 27.0. The minimum absolute atomic E-state index is 0.101. The van der Waals surface area contributed by atoms with Gasteiger partial charge in [-0.1, -0.05) is 5.16 Å². The molecule has 2 amide bonds. The molecule has 1 aliphatic heterocycles. The van der Waals surface area contributed by atoms with Crippen molar-refractivity contribution in [3.05, 3.63) is 36.1 Å². The van der Waals surface area contributed by atoms with E-state index in [1.807, 2.05) is 0 Å². The average Bonchev–Trinajstić information content (AvgIpc) is 3.40. The zero-order valence-electron chi connectivity index (χ0n) is 15.8. The van der Waals surface area contributed by atoms with Crippen molar-refractivity contribution < 1.29 is 28.3 Å². The minimum Gasteiger partial charge on any atom is -0.497 e. The number of nitrogens with zero attached hydrogens (tertiary/aromatic N) is 2. The highest BCUT2D eigenvalue weighted by Crippen LogP contribution is 2.24. The summed E-state index contributed by atoms with van der Waals surface area (Å²) < 4.78 is 20.8. The lowest BCUT2D eigenvalue weighted by Gasteiger charge is -2.25. The highest BCUT2D eigenvalue weighted by molar-refractivity contribution is 5.99. The van der Waals surface area contributed by atoms with Crippen LogP contribution >= 0.6 is 0 Å². The number of rotatable bonds is 8. The zero-order valence-corrected chi connectivity index (χ0v) is 15.8. The van der Waals surface area contributed by atoms with Crippen molar-refractivity contribution in [3.63, 3.8) is 0 Å². The molecule has 3 rings (SSSR count). The van der Waals surface area contributed by atoms with Gasteiger partial charge in [0.05, 0.1) is 20.3 Å². The quantitative estimate of drug-likeness (QED) is 0.736. The largest absolute Gasteiger partial charge is 0.497 e. The van der Waals surface area contributed by atoms with Crippen molar-refractivity contribution in [2.75, 3.05) is 39.2 Å². The van der Waals surface area contributed by atoms with Gasteiger partial charge in [0.1, 0.15) is 24.3 Å². The standard InChI is InChI=1S/C19H23N3O6/c1-25-15-8-13(9-16(10-15)26-2)19(24)22(11-14-4-3-6-27-14)12-18(23)20-17-5-7-28-21-17/h5,7-10,14H,3-4,6,11-12H2,1-2H3,(H,20,21,23). The lowest BCUT2D eigenvalue weighted by atomic mass is 10.1. The molecule has 9 heteroatoms. The number of hydrogen-bond acceptors (Lipinski definition) is 7. The van der Waals surface area contributed by atoms with Gasteiger partial charge in [0.25, 0.3) is 5.91 Å². The third-order valence-corrected chi connectivity index (χ3v) is 4.37. The van der Waals surface area contributed by atoms with Crippen molar-refractivity contribution in [2.45, 2.75) is 18.9 Å². The van der Waals surface area contributed by atoms with Crippen LogP contribution in [0.15, 0.2) is 35.1 Å². The maximum Gasteiger partial charge on any atom is 0.254 e. The van der Waals surface area contributed by atoms with Gasteiger partial charge in [-0.05, 0) is 25.0 Å². The van der Waals surface area contributed by atoms with Gasteiger partial charge in [-0.25, -0.2) is 0 Å². The van der Waals surface area contributed by atoms with Crippen LogP contribution in [-0.4, -0.2) is 61.9 Å². The Morgan fingerprint density at radius 1 is 1.25 bits per heavy atom. The number of anilines is 1. The first-order valence-corrected chi connectivity index (χ1v) is 8.93. The number of aromatic nitrogens is 1. The van der Waals surface area contributed by atoms with E-state index >= 15 is 0 Å². The molecule has 9 nitrogen and oxygen atoms in total. The summed E-state index contributed by atoms with van der Waals surface area (Å²) in [6.07, 6.45) is 3.03. The summed E-state index contributed by atoms with van der Waals surface area (Å²) >= 11 is 0. The van der Waals surface area contributed by atoms with Crippen LogP contribution in [0.2, 0.25) is 0 Å². The molecule has 28 heavy (non-hydrogen) atoms. The maximum atomic E-state index is 13.2. The molecule has 1 aromatic heterocycles. The number of ether oxygens (including phenoxy) is 3. The van der Waals surface area contributed by atoms with Gasteiger partial charge >= 0.3 is 0 Å². The smallest absolute Gasteiger partial charge is 0.254 e. The number of carbonyl (C=O) groups excluding carboxylic acids is 2. The fraction of sp³-hybridized carbons (Fsp3) is 0.421. The SMILES string of the molecule is COc1cc(OC)cc(C(=O)N(CC(=O)Nc2ccon2)CC2CCCO2)c1. The van der Waals surface area contributed by atoms with Crippen molar-refractivity contribution >= 4 is 17.6 Å². The summed E-state index contributed by atoms with van der Waals surface area (Å²) in [6.45, 7) is 0.820. The van der Waals surface area contributed by atoms with E-state index in [4.69, 9.17) is 18.7 Å². The van der Waals surface area contributed by atoms with Gasteiger partial charge in [-0.15, -0.1) is 0 Å². The molecule has 1 aromatic carbocycles. The van der Waals surface area contributed by atoms with Gasteiger partial charge in [-0.2, -0.15) is 0 Å². The van der Waals surface area contributed by atoms with Crippen molar-refractivity contribution in [1.82, 2.24) is 10.1 Å². The van der Waals surface area contributed by atoms with Crippen LogP contribution in [-0.2, 0) is 9.53 Å². The molecule has 150 valence electrons. The molecule has 0 spiro atoms. The Morgan fingerprint density at radius 3 is 2.57 bits per heavy atom. The van der Waals surface area contributed by atoms with Crippen molar-refractivity contribution in [3.8, 4) is 11.5 Å². The monoisotopic (exact) mass is 389 g/mol. The number of amides is 2. The number of nitrogens with one attached hydrogen (secondary N) is 1. The Hall–Kier alpha value is -3.07. The van der Waals surface area contributed by atoms with Gasteiger partial charge < -0.3 is 29.0 Å². The maximum absolute atomic E-state index is 13.2. The molecule has 1 aliphatic rings. The fourth-order valence-electron chi connectivity index (χ4n) is 3.00. The highest BCUT2D eigenvalue weighted by Gasteiger charge is 2.26. The molecular weight excluding hydrogens is 366 g/mol. The third kappa shape index (κ3) is 5.01. The van der Waals surface area contributed by atoms with Gasteiger partial charge in [0.2, 0.25) is 5.91 Å². The second-order valence-corrected chi connectivity index (χ2v) is 6.35. The van der Waals surface area contributed by atoms with Crippen LogP contribution in [0.5, 0.6) is 11.5 Å². The summed E-state index contributed by atoms with van der Waals surface area (Å²) in [5, 5.41) is 6.25. The lowest BCUT2D eigenvalue weighted by Crippen LogP contribution is -2.42. The van der Waals surface area contributed by atoms with Crippen LogP contribution in [0.3, 0.4) is 0 Å². The summed E-state index contributed by atoms with van der Waals surface area (Å²) in [5.74, 6) is 0.578. The number of benzene rings is 1. The van der Waals surface area contributed by atoms with Gasteiger partial charge in [0, 0.05) is 30.8 Å². The Morgan fingerprint density at radius 2 is 2.00 bits per heavy atom. The molecular formula is C19H23N3O6. The minimum atomic E-state index is -0.380. The van der Waals surface area contributed by atoms with E-state index in [-0.39, 0.29) is 30.3 Å². The van der Waals surface area contributed by atoms with Crippen LogP contribution < -0.4 is 14.8 Å². The summed E-state index contributed by atoms with van der Waals surface area (Å²) in [6, 6.07) is 6.43. The van der Waals surface area contributed by atoms with E-state index in [0.717, 1.165) is 12.8 Å². The molecule has 1 N–H and O–H groups in total. The van der Waals surface area contributed by atoms with Gasteiger partial charge in [0.15, 0.2) is 5.82 Å². The Kier molecular flexibility index (Phi) is 6.49. The summed E-state index contributed by atoms with van der Waals surface area (Å²) in [7, 11) is 3.02. The average molecular weight is 389 g/mol. The van der Waals surface area contributed by atoms with Crippen LogP contribution in [0.4, 0.5) is 5.82 Å². The second-order valence-electron chi connectivity index (χ2n) is 6.35. The predicted molar refractivity (Wildman–Crippen MR) is 99.6 cm³/mol. The van der Waals surface area contributed by atoms with E-state index in [1.165, 1.54) is 31.4 Å². The van der Waals surface area contributed by atoms with E-state index in [0.29, 0.717) is 30.2 Å². The fourth-order valence-corrected chi connectivity index (χ4v) is 3.00. The molecule has 1 unspecified atom stereocenters. The number of hydrogen-bond donors (Lipinski definition) is 1. The van der Waals surface area contributed by atoms with E-state index in [9.17, 15) is 9.59 Å². The molecule has 2 heterocycles. The molecule has 2 aromatic rings. The molecule has 1 saturated heterocycles. The van der Waals surface area contributed by atoms with Crippen molar-refractivity contribution in [1.29, 1.82) is 0 Å². The van der Waals surface area contributed by atoms with Gasteiger partial charge in [-0.3, -0.25) is 9.59 Å². The Labute approximate surface area is 162 Å². The highest BCUT2D eigenvalue weighted by atomic mass is 16.5. The van der Waals surface area contributed by atoms with E-state index < -0.39 is 0 Å². The van der Waals surface area contributed by atoms with Crippen LogP contribution in [0, 0.1) is 0 Å². The molecule has 0 saturated carbocycles. The Bertz CT molecular complexity index is 780. The number of carbonyl (C=O) groups is 2. The predicted octanol–water partition coefficient (Wildman–Crippen LogP) is 1.95. The molecule has 0 radical (unpaired) electrons. The van der Waals surface area contributed by atoms with E-state index in [2.05, 4.69) is 10.5 Å². The first-order valence-electron chi connectivity index (χ1n) is 8.93. The molecule has 0 bridgehead atoms. The van der Waals surface area contributed by atoms with Crippen LogP contribution in [0.1, 0.15) is 23.2 Å². The Balaban J connectivity index is 1.78. The third-order valence-electron chi connectivity index (χ3n) is 4.37.